The molecule has 7 heteroatoms. The third kappa shape index (κ3) is 4.71. The van der Waals surface area contributed by atoms with Crippen molar-refractivity contribution in [3.63, 3.8) is 0 Å². The zero-order chi connectivity index (χ0) is 19.3. The number of carbonyl (C=O) groups excluding carboxylic acids is 1. The molecule has 1 aliphatic rings. The van der Waals surface area contributed by atoms with Crippen molar-refractivity contribution < 1.29 is 27.4 Å². The number of carbonyl (C=O) groups is 1. The highest BCUT2D eigenvalue weighted by atomic mass is 19.4. The fourth-order valence-corrected chi connectivity index (χ4v) is 3.32. The van der Waals surface area contributed by atoms with Gasteiger partial charge in [-0.2, -0.15) is 13.2 Å². The van der Waals surface area contributed by atoms with Crippen LogP contribution in [0.5, 0.6) is 11.5 Å². The third-order valence-corrected chi connectivity index (χ3v) is 4.59. The van der Waals surface area contributed by atoms with Crippen LogP contribution in [0.4, 0.5) is 13.2 Å². The molecule has 4 nitrogen and oxygen atoms in total. The van der Waals surface area contributed by atoms with Crippen molar-refractivity contribution in [2.24, 2.45) is 5.92 Å². The zero-order valence-electron chi connectivity index (χ0n) is 15.2. The summed E-state index contributed by atoms with van der Waals surface area (Å²) in [6, 6.07) is 2.69. The zero-order valence-corrected chi connectivity index (χ0v) is 15.2. The van der Waals surface area contributed by atoms with E-state index in [1.807, 2.05) is 6.92 Å². The van der Waals surface area contributed by atoms with Crippen LogP contribution in [0.3, 0.4) is 0 Å². The van der Waals surface area contributed by atoms with Gasteiger partial charge in [0.15, 0.2) is 11.5 Å². The molecule has 0 spiro atoms. The highest BCUT2D eigenvalue weighted by molar-refractivity contribution is 5.96. The van der Waals surface area contributed by atoms with Crippen LogP contribution in [0, 0.1) is 5.92 Å². The van der Waals surface area contributed by atoms with Gasteiger partial charge in [-0.25, -0.2) is 0 Å². The van der Waals surface area contributed by atoms with Crippen LogP contribution in [0.1, 0.15) is 48.5 Å². The van der Waals surface area contributed by atoms with Crippen LogP contribution < -0.4 is 14.8 Å². The van der Waals surface area contributed by atoms with Crippen LogP contribution in [-0.4, -0.2) is 32.3 Å². The minimum atomic E-state index is -4.22. The second kappa shape index (κ2) is 8.47. The first-order valence-corrected chi connectivity index (χ1v) is 8.56. The number of nitrogens with one attached hydrogen (secondary N) is 1. The van der Waals surface area contributed by atoms with E-state index in [9.17, 15) is 18.0 Å². The van der Waals surface area contributed by atoms with Crippen molar-refractivity contribution in [3.05, 3.63) is 29.3 Å². The third-order valence-electron chi connectivity index (χ3n) is 4.59. The predicted octanol–water partition coefficient (Wildman–Crippen LogP) is 4.59. The summed E-state index contributed by atoms with van der Waals surface area (Å²) in [4.78, 5) is 12.6. The van der Waals surface area contributed by atoms with Gasteiger partial charge in [0.1, 0.15) is 0 Å². The molecular formula is C19H24F3NO3. The van der Waals surface area contributed by atoms with Crippen molar-refractivity contribution in [2.75, 3.05) is 14.2 Å². The van der Waals surface area contributed by atoms with E-state index in [0.717, 1.165) is 0 Å². The number of ether oxygens (including phenoxy) is 2. The number of methoxy groups -OCH3 is 2. The Morgan fingerprint density at radius 3 is 2.54 bits per heavy atom. The molecule has 0 saturated heterocycles. The lowest BCUT2D eigenvalue weighted by atomic mass is 9.85. The number of amides is 1. The van der Waals surface area contributed by atoms with E-state index in [2.05, 4.69) is 5.32 Å². The van der Waals surface area contributed by atoms with Gasteiger partial charge in [0.2, 0.25) is 0 Å². The molecule has 0 aliphatic heterocycles. The second-order valence-electron chi connectivity index (χ2n) is 6.38. The van der Waals surface area contributed by atoms with Crippen molar-refractivity contribution in [2.45, 2.75) is 44.8 Å². The number of allylic oxidation sites excluding steroid dienone is 1. The average Bonchev–Trinajstić information content (AvgIpc) is 2.60. The van der Waals surface area contributed by atoms with Crippen LogP contribution in [0.2, 0.25) is 0 Å². The van der Waals surface area contributed by atoms with E-state index in [1.165, 1.54) is 20.3 Å². The quantitative estimate of drug-likeness (QED) is 0.824. The number of benzene rings is 1. The Morgan fingerprint density at radius 1 is 1.23 bits per heavy atom. The lowest BCUT2D eigenvalue weighted by molar-refractivity contribution is -0.183. The van der Waals surface area contributed by atoms with Gasteiger partial charge in [0, 0.05) is 17.2 Å². The second-order valence-corrected chi connectivity index (χ2v) is 6.38. The molecule has 2 unspecified atom stereocenters. The maximum Gasteiger partial charge on any atom is 0.391 e. The summed E-state index contributed by atoms with van der Waals surface area (Å²) in [7, 11) is 2.97. The smallest absolute Gasteiger partial charge is 0.391 e. The standard InChI is InChI=1S/C19H24F3NO3/c1-4-6-12-9-13(10-16(25-2)17(12)26-3)18(24)23-15-8-5-7-14(11-15)19(20,21)22/h4,6,9-10,14-15H,5,7-8,11H2,1-3H3,(H,23,24)/b6-4+. The molecule has 0 heterocycles. The van der Waals surface area contributed by atoms with Crippen LogP contribution in [-0.2, 0) is 0 Å². The van der Waals surface area contributed by atoms with Gasteiger partial charge in [0.05, 0.1) is 20.1 Å². The fourth-order valence-electron chi connectivity index (χ4n) is 3.32. The maximum absolute atomic E-state index is 12.9. The van der Waals surface area contributed by atoms with Gasteiger partial charge in [0.25, 0.3) is 5.91 Å². The Bertz CT molecular complexity index is 671. The molecule has 1 aromatic carbocycles. The topological polar surface area (TPSA) is 47.6 Å². The van der Waals surface area contributed by atoms with E-state index in [0.29, 0.717) is 35.5 Å². The number of alkyl halides is 3. The summed E-state index contributed by atoms with van der Waals surface area (Å²) in [5.41, 5.74) is 0.987. The predicted molar refractivity (Wildman–Crippen MR) is 93.5 cm³/mol. The molecule has 2 rings (SSSR count). The Labute approximate surface area is 151 Å². The lowest BCUT2D eigenvalue weighted by Gasteiger charge is -2.31. The van der Waals surface area contributed by atoms with Gasteiger partial charge in [-0.3, -0.25) is 4.79 Å². The minimum Gasteiger partial charge on any atom is -0.493 e. The summed E-state index contributed by atoms with van der Waals surface area (Å²) < 4.78 is 49.4. The molecule has 0 aromatic heterocycles. The summed E-state index contributed by atoms with van der Waals surface area (Å²) in [6.45, 7) is 1.83. The molecule has 2 atom stereocenters. The van der Waals surface area contributed by atoms with E-state index < -0.39 is 24.0 Å². The Kier molecular flexibility index (Phi) is 6.56. The minimum absolute atomic E-state index is 0.0791. The van der Waals surface area contributed by atoms with Crippen molar-refractivity contribution >= 4 is 12.0 Å². The number of rotatable bonds is 5. The van der Waals surface area contributed by atoms with Crippen LogP contribution in [0.25, 0.3) is 6.08 Å². The number of hydrogen-bond donors (Lipinski definition) is 1. The molecular weight excluding hydrogens is 347 g/mol. The monoisotopic (exact) mass is 371 g/mol. The summed E-state index contributed by atoms with van der Waals surface area (Å²) in [6.07, 6.45) is 0.401. The highest BCUT2D eigenvalue weighted by Crippen LogP contribution is 2.38. The molecule has 1 amide bonds. The van der Waals surface area contributed by atoms with Crippen LogP contribution in [0.15, 0.2) is 18.2 Å². The van der Waals surface area contributed by atoms with E-state index in [4.69, 9.17) is 9.47 Å². The van der Waals surface area contributed by atoms with E-state index in [1.54, 1.807) is 18.2 Å². The largest absolute Gasteiger partial charge is 0.493 e. The first kappa shape index (κ1) is 20.1. The molecule has 1 saturated carbocycles. The highest BCUT2D eigenvalue weighted by Gasteiger charge is 2.42. The van der Waals surface area contributed by atoms with Gasteiger partial charge >= 0.3 is 6.18 Å². The maximum atomic E-state index is 12.9. The Hall–Kier alpha value is -2.18. The molecule has 1 aliphatic carbocycles. The van der Waals surface area contributed by atoms with E-state index in [-0.39, 0.29) is 12.8 Å². The van der Waals surface area contributed by atoms with Gasteiger partial charge in [-0.05, 0) is 38.3 Å². The normalized spacial score (nSPS) is 20.8. The number of hydrogen-bond acceptors (Lipinski definition) is 3. The molecule has 0 radical (unpaired) electrons. The molecule has 1 N–H and O–H groups in total. The number of halogens is 3. The van der Waals surface area contributed by atoms with Crippen LogP contribution >= 0.6 is 0 Å². The molecule has 1 fully saturated rings. The van der Waals surface area contributed by atoms with Gasteiger partial charge in [-0.15, -0.1) is 0 Å². The first-order chi connectivity index (χ1) is 12.3. The summed E-state index contributed by atoms with van der Waals surface area (Å²) in [5, 5.41) is 2.74. The Balaban J connectivity index is 2.20. The van der Waals surface area contributed by atoms with Crippen molar-refractivity contribution in [1.29, 1.82) is 0 Å². The first-order valence-electron chi connectivity index (χ1n) is 8.56. The SMILES string of the molecule is C/C=C/c1cc(C(=O)NC2CCCC(C(F)(F)F)C2)cc(OC)c1OC. The molecule has 26 heavy (non-hydrogen) atoms. The van der Waals surface area contributed by atoms with Crippen molar-refractivity contribution in [1.82, 2.24) is 5.32 Å². The fraction of sp³-hybridized carbons (Fsp3) is 0.526. The van der Waals surface area contributed by atoms with Gasteiger partial charge in [-0.1, -0.05) is 18.6 Å². The average molecular weight is 371 g/mol. The van der Waals surface area contributed by atoms with Gasteiger partial charge < -0.3 is 14.8 Å². The summed E-state index contributed by atoms with van der Waals surface area (Å²) >= 11 is 0. The van der Waals surface area contributed by atoms with Crippen molar-refractivity contribution in [3.8, 4) is 11.5 Å². The summed E-state index contributed by atoms with van der Waals surface area (Å²) in [5.74, 6) is -0.878. The molecule has 1 aromatic rings. The molecule has 0 bridgehead atoms. The lowest BCUT2D eigenvalue weighted by Crippen LogP contribution is -2.41. The van der Waals surface area contributed by atoms with E-state index >= 15 is 0 Å². The molecule has 144 valence electrons. The Morgan fingerprint density at radius 2 is 1.96 bits per heavy atom.